The summed E-state index contributed by atoms with van der Waals surface area (Å²) in [7, 11) is 0. The predicted octanol–water partition coefficient (Wildman–Crippen LogP) is 5.26. The number of hydrogen-bond acceptors (Lipinski definition) is 5. The number of aliphatic hydroxyl groups is 1. The zero-order chi connectivity index (χ0) is 20.5. The fraction of sp³-hybridized carbons (Fsp3) is 0.571. The average molecular weight is 468 g/mol. The molecule has 1 aliphatic carbocycles. The second-order valence-corrected chi connectivity index (χ2v) is 9.07. The van der Waals surface area contributed by atoms with E-state index in [2.05, 4.69) is 50.7 Å². The third-order valence-corrected chi connectivity index (χ3v) is 6.13. The summed E-state index contributed by atoms with van der Waals surface area (Å²) in [6, 6.07) is 0.211. The SMILES string of the molecule is C/C=C1\C(=NC(C)CC)C(Br)=Cc2nc(Cl)nc(N3CCCCC(C)(O)C3)c21. The van der Waals surface area contributed by atoms with E-state index in [1.807, 2.05) is 19.9 Å². The highest BCUT2D eigenvalue weighted by Crippen LogP contribution is 2.40. The molecule has 5 nitrogen and oxygen atoms in total. The van der Waals surface area contributed by atoms with Gasteiger partial charge in [0.25, 0.3) is 0 Å². The number of aromatic nitrogens is 2. The number of anilines is 1. The molecule has 0 spiro atoms. The zero-order valence-corrected chi connectivity index (χ0v) is 19.3. The van der Waals surface area contributed by atoms with Crippen molar-refractivity contribution in [2.24, 2.45) is 4.99 Å². The third kappa shape index (κ3) is 4.50. The number of fused-ring (bicyclic) bond motifs is 1. The van der Waals surface area contributed by atoms with Gasteiger partial charge in [0.1, 0.15) is 5.82 Å². The smallest absolute Gasteiger partial charge is 0.224 e. The molecule has 0 amide bonds. The number of hydrogen-bond donors (Lipinski definition) is 1. The Morgan fingerprint density at radius 3 is 2.86 bits per heavy atom. The number of nitrogens with zero attached hydrogens (tertiary/aromatic N) is 4. The Hall–Kier alpha value is -1.24. The normalized spacial score (nSPS) is 26.8. The fourth-order valence-electron chi connectivity index (χ4n) is 3.75. The number of allylic oxidation sites excluding steroid dienone is 3. The van der Waals surface area contributed by atoms with Crippen LogP contribution in [0.25, 0.3) is 11.6 Å². The first-order chi connectivity index (χ1) is 13.3. The molecule has 3 rings (SSSR count). The molecule has 2 heterocycles. The predicted molar refractivity (Wildman–Crippen MR) is 121 cm³/mol. The first-order valence-electron chi connectivity index (χ1n) is 9.93. The van der Waals surface area contributed by atoms with Gasteiger partial charge in [0.2, 0.25) is 5.28 Å². The molecule has 0 aromatic carbocycles. The molecule has 0 saturated carbocycles. The van der Waals surface area contributed by atoms with E-state index in [1.54, 1.807) is 0 Å². The maximum Gasteiger partial charge on any atom is 0.224 e. The molecule has 1 saturated heterocycles. The van der Waals surface area contributed by atoms with Gasteiger partial charge in [-0.1, -0.05) is 13.0 Å². The second-order valence-electron chi connectivity index (χ2n) is 7.88. The number of rotatable bonds is 3. The summed E-state index contributed by atoms with van der Waals surface area (Å²) in [6.07, 6.45) is 7.78. The quantitative estimate of drug-likeness (QED) is 0.616. The van der Waals surface area contributed by atoms with Crippen molar-refractivity contribution in [2.45, 2.75) is 65.0 Å². The van der Waals surface area contributed by atoms with Crippen LogP contribution in [-0.4, -0.2) is 45.5 Å². The van der Waals surface area contributed by atoms with Crippen LogP contribution < -0.4 is 4.90 Å². The Kier molecular flexibility index (Phi) is 6.62. The summed E-state index contributed by atoms with van der Waals surface area (Å²) in [5.74, 6) is 0.776. The monoisotopic (exact) mass is 466 g/mol. The molecule has 0 radical (unpaired) electrons. The molecule has 7 heteroatoms. The number of β-amino-alcohol motifs (C(OH)–C–C–N with tert-alkyl or cyclic N) is 1. The van der Waals surface area contributed by atoms with Crippen molar-refractivity contribution in [3.8, 4) is 0 Å². The van der Waals surface area contributed by atoms with Crippen molar-refractivity contribution < 1.29 is 5.11 Å². The van der Waals surface area contributed by atoms with E-state index < -0.39 is 5.60 Å². The maximum atomic E-state index is 10.8. The van der Waals surface area contributed by atoms with Crippen molar-refractivity contribution in [1.29, 1.82) is 0 Å². The highest BCUT2D eigenvalue weighted by Gasteiger charge is 2.32. The largest absolute Gasteiger partial charge is 0.388 e. The van der Waals surface area contributed by atoms with Gasteiger partial charge >= 0.3 is 0 Å². The molecular weight excluding hydrogens is 440 g/mol. The van der Waals surface area contributed by atoms with Crippen LogP contribution in [0.1, 0.15) is 64.6 Å². The Balaban J connectivity index is 2.18. The lowest BCUT2D eigenvalue weighted by Gasteiger charge is -2.32. The van der Waals surface area contributed by atoms with Crippen molar-refractivity contribution >= 4 is 50.7 Å². The van der Waals surface area contributed by atoms with E-state index in [4.69, 9.17) is 16.6 Å². The molecule has 28 heavy (non-hydrogen) atoms. The van der Waals surface area contributed by atoms with Gasteiger partial charge in [-0.25, -0.2) is 4.98 Å². The Bertz CT molecular complexity index is 847. The van der Waals surface area contributed by atoms with Crippen LogP contribution in [0, 0.1) is 0 Å². The number of halogens is 2. The number of aliphatic imine (C=N–C) groups is 1. The van der Waals surface area contributed by atoms with E-state index >= 15 is 0 Å². The van der Waals surface area contributed by atoms with E-state index in [0.717, 1.165) is 65.1 Å². The summed E-state index contributed by atoms with van der Waals surface area (Å²) < 4.78 is 0.900. The van der Waals surface area contributed by atoms with Crippen LogP contribution in [0.5, 0.6) is 0 Å². The van der Waals surface area contributed by atoms with Gasteiger partial charge in [-0.2, -0.15) is 4.98 Å². The maximum absolute atomic E-state index is 10.8. The van der Waals surface area contributed by atoms with Gasteiger partial charge in [0.15, 0.2) is 0 Å². The molecule has 1 fully saturated rings. The highest BCUT2D eigenvalue weighted by atomic mass is 79.9. The van der Waals surface area contributed by atoms with Crippen LogP contribution in [0.4, 0.5) is 5.82 Å². The molecule has 0 bridgehead atoms. The van der Waals surface area contributed by atoms with Crippen LogP contribution in [-0.2, 0) is 0 Å². The lowest BCUT2D eigenvalue weighted by atomic mass is 9.93. The van der Waals surface area contributed by atoms with Gasteiger partial charge in [-0.15, -0.1) is 0 Å². The average Bonchev–Trinajstić information content (AvgIpc) is 2.82. The topological polar surface area (TPSA) is 61.6 Å². The minimum absolute atomic E-state index is 0.211. The van der Waals surface area contributed by atoms with Gasteiger partial charge < -0.3 is 10.0 Å². The molecule has 1 aromatic rings. The van der Waals surface area contributed by atoms with Crippen LogP contribution in [0.2, 0.25) is 5.28 Å². The first-order valence-corrected chi connectivity index (χ1v) is 11.1. The van der Waals surface area contributed by atoms with E-state index in [1.165, 1.54) is 0 Å². The van der Waals surface area contributed by atoms with Crippen molar-refractivity contribution in [1.82, 2.24) is 9.97 Å². The van der Waals surface area contributed by atoms with Gasteiger partial charge in [-0.05, 0) is 80.1 Å². The Labute approximate surface area is 180 Å². The summed E-state index contributed by atoms with van der Waals surface area (Å²) in [4.78, 5) is 16.1. The minimum Gasteiger partial charge on any atom is -0.388 e. The Morgan fingerprint density at radius 1 is 1.43 bits per heavy atom. The lowest BCUT2D eigenvalue weighted by molar-refractivity contribution is 0.0611. The van der Waals surface area contributed by atoms with Gasteiger partial charge in [-0.3, -0.25) is 4.99 Å². The van der Waals surface area contributed by atoms with E-state index in [-0.39, 0.29) is 11.3 Å². The molecule has 1 aromatic heterocycles. The zero-order valence-electron chi connectivity index (χ0n) is 17.0. The minimum atomic E-state index is -0.754. The molecule has 1 aliphatic heterocycles. The summed E-state index contributed by atoms with van der Waals surface area (Å²) in [5.41, 5.74) is 2.88. The molecule has 1 N–H and O–H groups in total. The highest BCUT2D eigenvalue weighted by molar-refractivity contribution is 9.12. The molecular formula is C21H28BrClN4O. The second kappa shape index (κ2) is 8.64. The molecule has 2 aliphatic rings. The fourth-order valence-corrected chi connectivity index (χ4v) is 4.45. The Morgan fingerprint density at radius 2 is 2.18 bits per heavy atom. The van der Waals surface area contributed by atoms with Gasteiger partial charge in [0.05, 0.1) is 22.6 Å². The van der Waals surface area contributed by atoms with Crippen LogP contribution in [0.3, 0.4) is 0 Å². The van der Waals surface area contributed by atoms with Crippen molar-refractivity contribution in [3.63, 3.8) is 0 Å². The first kappa shape index (κ1) is 21.5. The summed E-state index contributed by atoms with van der Waals surface area (Å²) in [6.45, 7) is 9.49. The van der Waals surface area contributed by atoms with Crippen molar-refractivity contribution in [3.05, 3.63) is 27.1 Å². The summed E-state index contributed by atoms with van der Waals surface area (Å²) in [5, 5.41) is 11.0. The standard InChI is InChI=1S/C21H28BrClN4O/c1-5-13(3)24-18-14(6-2)17-16(11-15(18)22)25-20(23)26-19(17)27-10-8-7-9-21(4,28)12-27/h6,11,13,28H,5,7-10,12H2,1-4H3/b14-6-,24-18?. The van der Waals surface area contributed by atoms with Crippen LogP contribution >= 0.6 is 27.5 Å². The molecule has 2 atom stereocenters. The molecule has 2 unspecified atom stereocenters. The van der Waals surface area contributed by atoms with Crippen molar-refractivity contribution in [2.75, 3.05) is 18.0 Å². The molecule has 152 valence electrons. The lowest BCUT2D eigenvalue weighted by Crippen LogP contribution is -2.40. The van der Waals surface area contributed by atoms with E-state index in [0.29, 0.717) is 6.54 Å². The summed E-state index contributed by atoms with van der Waals surface area (Å²) >= 11 is 9.96. The third-order valence-electron chi connectivity index (χ3n) is 5.36. The van der Waals surface area contributed by atoms with Gasteiger partial charge in [0, 0.05) is 29.2 Å². The van der Waals surface area contributed by atoms with E-state index in [9.17, 15) is 5.11 Å². The van der Waals surface area contributed by atoms with Crippen LogP contribution in [0.15, 0.2) is 15.6 Å².